The molecule has 1 aromatic rings. The van der Waals surface area contributed by atoms with E-state index in [1.807, 2.05) is 6.92 Å². The van der Waals surface area contributed by atoms with Crippen molar-refractivity contribution < 1.29 is 14.1 Å². The quantitative estimate of drug-likeness (QED) is 0.319. The highest BCUT2D eigenvalue weighted by Gasteiger charge is 2.10. The van der Waals surface area contributed by atoms with E-state index in [-0.39, 0.29) is 5.88 Å². The lowest BCUT2D eigenvalue weighted by molar-refractivity contribution is -0.402. The third kappa shape index (κ3) is 2.29. The number of hydrogen-bond donors (Lipinski definition) is 0. The van der Waals surface area contributed by atoms with Gasteiger partial charge in [-0.15, -0.1) is 0 Å². The number of nitro groups is 1. The first-order valence-electron chi connectivity index (χ1n) is 4.07. The van der Waals surface area contributed by atoms with Gasteiger partial charge < -0.3 is 4.42 Å². The Hall–Kier alpha value is -1.91. The van der Waals surface area contributed by atoms with Crippen molar-refractivity contribution in [3.8, 4) is 0 Å². The van der Waals surface area contributed by atoms with Crippen molar-refractivity contribution in [2.45, 2.75) is 13.3 Å². The summed E-state index contributed by atoms with van der Waals surface area (Å²) in [4.78, 5) is 20.1. The number of hydrogen-bond acceptors (Lipinski definition) is 4. The molecule has 0 atom stereocenters. The summed E-state index contributed by atoms with van der Waals surface area (Å²) in [6.07, 6.45) is 2.76. The van der Waals surface area contributed by atoms with Gasteiger partial charge in [0.05, 0.1) is 6.07 Å². The van der Waals surface area contributed by atoms with Gasteiger partial charge in [-0.25, -0.2) is 0 Å². The Kier molecular flexibility index (Phi) is 3.17. The molecule has 5 heteroatoms. The largest absolute Gasteiger partial charge is 0.433 e. The second kappa shape index (κ2) is 4.36. The molecule has 0 N–H and O–H groups in total. The maximum atomic E-state index is 10.4. The van der Waals surface area contributed by atoms with Crippen molar-refractivity contribution in [2.24, 2.45) is 0 Å². The first-order valence-corrected chi connectivity index (χ1v) is 4.07. The van der Waals surface area contributed by atoms with Crippen molar-refractivity contribution in [3.05, 3.63) is 33.6 Å². The zero-order valence-corrected chi connectivity index (χ0v) is 7.60. The minimum absolute atomic E-state index is 0.320. The van der Waals surface area contributed by atoms with E-state index in [1.165, 1.54) is 18.2 Å². The minimum Gasteiger partial charge on any atom is -0.401 e. The van der Waals surface area contributed by atoms with Crippen LogP contribution in [0.15, 0.2) is 22.1 Å². The summed E-state index contributed by atoms with van der Waals surface area (Å²) >= 11 is 0. The van der Waals surface area contributed by atoms with Crippen LogP contribution in [0.1, 0.15) is 19.1 Å². The van der Waals surface area contributed by atoms with Crippen LogP contribution in [-0.4, -0.2) is 11.2 Å². The van der Waals surface area contributed by atoms with Gasteiger partial charge in [0.1, 0.15) is 17.0 Å². The summed E-state index contributed by atoms with van der Waals surface area (Å²) in [5, 5.41) is 10.3. The van der Waals surface area contributed by atoms with Gasteiger partial charge in [0.25, 0.3) is 0 Å². The molecule has 0 unspecified atom stereocenters. The molecular weight excluding hydrogens is 186 g/mol. The number of carbonyl (C=O) groups excluding carboxylic acids is 1. The van der Waals surface area contributed by atoms with Crippen LogP contribution in [0.3, 0.4) is 0 Å². The van der Waals surface area contributed by atoms with Crippen LogP contribution < -0.4 is 0 Å². The van der Waals surface area contributed by atoms with Gasteiger partial charge in [0.2, 0.25) is 0 Å². The third-order valence-electron chi connectivity index (χ3n) is 1.68. The zero-order chi connectivity index (χ0) is 10.6. The van der Waals surface area contributed by atoms with E-state index in [2.05, 4.69) is 0 Å². The van der Waals surface area contributed by atoms with E-state index in [1.54, 1.807) is 0 Å². The summed E-state index contributed by atoms with van der Waals surface area (Å²) in [6, 6.07) is 2.71. The van der Waals surface area contributed by atoms with Gasteiger partial charge in [0.15, 0.2) is 0 Å². The highest BCUT2D eigenvalue weighted by Crippen LogP contribution is 2.18. The smallest absolute Gasteiger partial charge is 0.401 e. The number of rotatable bonds is 4. The Labute approximate surface area is 80.2 Å². The van der Waals surface area contributed by atoms with E-state index in [0.29, 0.717) is 24.0 Å². The molecule has 0 aliphatic rings. The lowest BCUT2D eigenvalue weighted by Crippen LogP contribution is -1.83. The molecule has 1 rings (SSSR count). The Morgan fingerprint density at radius 3 is 2.79 bits per heavy atom. The van der Waals surface area contributed by atoms with E-state index in [4.69, 9.17) is 4.42 Å². The Morgan fingerprint density at radius 2 is 2.36 bits per heavy atom. The molecule has 0 bridgehead atoms. The van der Waals surface area contributed by atoms with E-state index >= 15 is 0 Å². The maximum Gasteiger partial charge on any atom is 0.433 e. The molecule has 0 amide bonds. The monoisotopic (exact) mass is 195 g/mol. The summed E-state index contributed by atoms with van der Waals surface area (Å²) in [7, 11) is 0. The van der Waals surface area contributed by atoms with Gasteiger partial charge in [-0.3, -0.25) is 14.9 Å². The summed E-state index contributed by atoms with van der Waals surface area (Å²) in [5.41, 5.74) is 0.536. The van der Waals surface area contributed by atoms with Crippen molar-refractivity contribution in [1.82, 2.24) is 0 Å². The predicted molar refractivity (Wildman–Crippen MR) is 49.7 cm³/mol. The molecule has 1 heterocycles. The molecule has 0 saturated heterocycles. The normalized spacial score (nSPS) is 11.4. The molecule has 1 aromatic heterocycles. The van der Waals surface area contributed by atoms with Crippen LogP contribution in [-0.2, 0) is 4.79 Å². The first kappa shape index (κ1) is 10.2. The molecule has 0 saturated carbocycles. The number of furan rings is 1. The Balaban J connectivity index is 2.92. The fourth-order valence-corrected chi connectivity index (χ4v) is 0.920. The van der Waals surface area contributed by atoms with E-state index in [9.17, 15) is 14.9 Å². The summed E-state index contributed by atoms with van der Waals surface area (Å²) in [5.74, 6) is -0.00162. The minimum atomic E-state index is -0.621. The van der Waals surface area contributed by atoms with Gasteiger partial charge in [-0.05, 0) is 24.1 Å². The first-order chi connectivity index (χ1) is 6.67. The van der Waals surface area contributed by atoms with E-state index < -0.39 is 4.92 Å². The fraction of sp³-hybridized carbons (Fsp3) is 0.222. The van der Waals surface area contributed by atoms with Crippen molar-refractivity contribution in [1.29, 1.82) is 0 Å². The van der Waals surface area contributed by atoms with Gasteiger partial charge in [0, 0.05) is 0 Å². The van der Waals surface area contributed by atoms with Crippen LogP contribution in [0.2, 0.25) is 0 Å². The van der Waals surface area contributed by atoms with Crippen LogP contribution in [0, 0.1) is 10.1 Å². The third-order valence-corrected chi connectivity index (χ3v) is 1.68. The standard InChI is InChI=1S/C9H9NO4/c1-2-7(6-11)5-8-3-4-9(14-8)10(12)13/h3-6H,2H2,1H3. The SMILES string of the molecule is CCC(C=O)=Cc1ccc([N+](=O)[O-])o1. The van der Waals surface area contributed by atoms with Crippen molar-refractivity contribution >= 4 is 18.2 Å². The molecule has 0 aliphatic carbocycles. The van der Waals surface area contributed by atoms with Crippen molar-refractivity contribution in [2.75, 3.05) is 0 Å². The Bertz CT molecular complexity index is 378. The molecule has 0 fully saturated rings. The lowest BCUT2D eigenvalue weighted by atomic mass is 10.2. The average molecular weight is 195 g/mol. The second-order valence-corrected chi connectivity index (χ2v) is 2.62. The lowest BCUT2D eigenvalue weighted by Gasteiger charge is -1.89. The van der Waals surface area contributed by atoms with Gasteiger partial charge in [-0.2, -0.15) is 0 Å². The summed E-state index contributed by atoms with van der Waals surface area (Å²) in [6.45, 7) is 1.82. The zero-order valence-electron chi connectivity index (χ0n) is 7.60. The molecule has 74 valence electrons. The van der Waals surface area contributed by atoms with Crippen LogP contribution in [0.5, 0.6) is 0 Å². The molecular formula is C9H9NO4. The number of aldehydes is 1. The fourth-order valence-electron chi connectivity index (χ4n) is 0.920. The average Bonchev–Trinajstić information content (AvgIpc) is 2.62. The van der Waals surface area contributed by atoms with Gasteiger partial charge >= 0.3 is 5.88 Å². The predicted octanol–water partition coefficient (Wildman–Crippen LogP) is 2.18. The molecule has 14 heavy (non-hydrogen) atoms. The molecule has 0 radical (unpaired) electrons. The summed E-state index contributed by atoms with van der Waals surface area (Å²) < 4.78 is 4.84. The second-order valence-electron chi connectivity index (χ2n) is 2.62. The van der Waals surface area contributed by atoms with E-state index in [0.717, 1.165) is 0 Å². The Morgan fingerprint density at radius 1 is 1.64 bits per heavy atom. The number of carbonyl (C=O) groups is 1. The highest BCUT2D eigenvalue weighted by atomic mass is 16.6. The topological polar surface area (TPSA) is 73.3 Å². The molecule has 5 nitrogen and oxygen atoms in total. The van der Waals surface area contributed by atoms with Crippen LogP contribution in [0.4, 0.5) is 5.88 Å². The van der Waals surface area contributed by atoms with Crippen molar-refractivity contribution in [3.63, 3.8) is 0 Å². The van der Waals surface area contributed by atoms with Crippen LogP contribution in [0.25, 0.3) is 6.08 Å². The molecule has 0 spiro atoms. The maximum absolute atomic E-state index is 10.4. The molecule has 0 aliphatic heterocycles. The number of nitrogens with zero attached hydrogens (tertiary/aromatic N) is 1. The van der Waals surface area contributed by atoms with Gasteiger partial charge in [-0.1, -0.05) is 6.92 Å². The highest BCUT2D eigenvalue weighted by molar-refractivity contribution is 5.80. The van der Waals surface area contributed by atoms with Crippen LogP contribution >= 0.6 is 0 Å². The number of allylic oxidation sites excluding steroid dienone is 1. The molecule has 0 aromatic carbocycles.